The van der Waals surface area contributed by atoms with Crippen molar-refractivity contribution in [3.05, 3.63) is 71.9 Å². The van der Waals surface area contributed by atoms with E-state index in [0.717, 1.165) is 11.1 Å². The molecule has 0 radical (unpaired) electrons. The maximum atomic E-state index is 13.6. The highest BCUT2D eigenvalue weighted by Gasteiger charge is 2.34. The third kappa shape index (κ3) is 3.35. The molecule has 3 aromatic rings. The fraction of sp³-hybridized carbons (Fsp3) is 0.250. The van der Waals surface area contributed by atoms with E-state index in [2.05, 4.69) is 4.98 Å². The summed E-state index contributed by atoms with van der Waals surface area (Å²) in [5, 5.41) is 10.4. The summed E-state index contributed by atoms with van der Waals surface area (Å²) in [5.41, 5.74) is 2.44. The monoisotopic (exact) mass is 384 g/mol. The second-order valence-electron chi connectivity index (χ2n) is 6.50. The lowest BCUT2D eigenvalue weighted by molar-refractivity contribution is 0.0437. The predicted octanol–water partition coefficient (Wildman–Crippen LogP) is 2.32. The van der Waals surface area contributed by atoms with Gasteiger partial charge in [-0.3, -0.25) is 4.98 Å². The molecule has 0 saturated carbocycles. The van der Waals surface area contributed by atoms with E-state index in [1.165, 1.54) is 4.31 Å². The highest BCUT2D eigenvalue weighted by molar-refractivity contribution is 7.89. The molecule has 6 nitrogen and oxygen atoms in total. The molecule has 2 heterocycles. The highest BCUT2D eigenvalue weighted by Crippen LogP contribution is 2.29. The lowest BCUT2D eigenvalue weighted by atomic mass is 10.1. The molecule has 27 heavy (non-hydrogen) atoms. The topological polar surface area (TPSA) is 79.7 Å². The summed E-state index contributed by atoms with van der Waals surface area (Å²) in [6, 6.07) is 15.5. The molecule has 1 aromatic heterocycles. The molecule has 4 rings (SSSR count). The number of ether oxygens (including phenoxy) is 1. The number of fused-ring (bicyclic) bond motifs is 2. The Morgan fingerprint density at radius 3 is 2.70 bits per heavy atom. The van der Waals surface area contributed by atoms with Crippen LogP contribution in [0.5, 0.6) is 0 Å². The minimum atomic E-state index is -3.88. The molecular weight excluding hydrogens is 364 g/mol. The maximum Gasteiger partial charge on any atom is 0.244 e. The molecule has 1 aliphatic rings. The number of pyridine rings is 1. The van der Waals surface area contributed by atoms with Gasteiger partial charge in [-0.25, -0.2) is 8.42 Å². The van der Waals surface area contributed by atoms with Crippen LogP contribution in [0.3, 0.4) is 0 Å². The molecule has 7 heteroatoms. The molecule has 0 saturated heterocycles. The zero-order valence-electron chi connectivity index (χ0n) is 14.7. The van der Waals surface area contributed by atoms with Crippen molar-refractivity contribution < 1.29 is 18.3 Å². The third-order valence-electron chi connectivity index (χ3n) is 4.82. The SMILES string of the molecule is O=S(=O)(c1cccc2ncccc12)N1Cc2ccccc2COCC1CO. The number of nitrogens with zero attached hydrogens (tertiary/aromatic N) is 2. The molecule has 0 fully saturated rings. The average Bonchev–Trinajstić information content (AvgIpc) is 2.68. The van der Waals surface area contributed by atoms with E-state index < -0.39 is 16.1 Å². The standard InChI is InChI=1S/C20H20N2O4S/c23-12-17-14-26-13-16-6-2-1-5-15(16)11-22(17)27(24,25)20-9-3-8-19-18(20)7-4-10-21-19/h1-10,17,23H,11-14H2. The summed E-state index contributed by atoms with van der Waals surface area (Å²) in [6.07, 6.45) is 1.63. The minimum absolute atomic E-state index is 0.132. The van der Waals surface area contributed by atoms with Gasteiger partial charge in [0.1, 0.15) is 0 Å². The second-order valence-corrected chi connectivity index (χ2v) is 8.36. The fourth-order valence-electron chi connectivity index (χ4n) is 3.39. The summed E-state index contributed by atoms with van der Waals surface area (Å²) in [7, 11) is -3.88. The van der Waals surface area contributed by atoms with Gasteiger partial charge >= 0.3 is 0 Å². The van der Waals surface area contributed by atoms with Crippen LogP contribution >= 0.6 is 0 Å². The zero-order valence-corrected chi connectivity index (χ0v) is 15.5. The van der Waals surface area contributed by atoms with Crippen LogP contribution in [0.15, 0.2) is 65.7 Å². The number of aliphatic hydroxyl groups is 1. The van der Waals surface area contributed by atoms with E-state index in [-0.39, 0.29) is 24.7 Å². The van der Waals surface area contributed by atoms with Gasteiger partial charge in [-0.05, 0) is 35.4 Å². The van der Waals surface area contributed by atoms with E-state index in [4.69, 9.17) is 4.74 Å². The smallest absolute Gasteiger partial charge is 0.244 e. The Kier molecular flexibility index (Phi) is 4.92. The summed E-state index contributed by atoms with van der Waals surface area (Å²) in [4.78, 5) is 4.44. The Morgan fingerprint density at radius 1 is 1.07 bits per heavy atom. The number of hydrogen-bond donors (Lipinski definition) is 1. The van der Waals surface area contributed by atoms with Gasteiger partial charge in [0, 0.05) is 18.1 Å². The first-order valence-corrected chi connectivity index (χ1v) is 10.2. The Labute approximate surface area is 158 Å². The zero-order chi connectivity index (χ0) is 18.9. The van der Waals surface area contributed by atoms with Gasteiger partial charge in [0.2, 0.25) is 10.0 Å². The van der Waals surface area contributed by atoms with Crippen LogP contribution in [-0.2, 0) is 27.9 Å². The van der Waals surface area contributed by atoms with E-state index in [1.54, 1.807) is 36.5 Å². The van der Waals surface area contributed by atoms with Crippen molar-refractivity contribution in [2.24, 2.45) is 0 Å². The Morgan fingerprint density at radius 2 is 1.89 bits per heavy atom. The minimum Gasteiger partial charge on any atom is -0.395 e. The van der Waals surface area contributed by atoms with E-state index >= 15 is 0 Å². The highest BCUT2D eigenvalue weighted by atomic mass is 32.2. The first kappa shape index (κ1) is 18.1. The van der Waals surface area contributed by atoms with Crippen LogP contribution < -0.4 is 0 Å². The molecule has 2 aromatic carbocycles. The van der Waals surface area contributed by atoms with Crippen LogP contribution in [0.1, 0.15) is 11.1 Å². The molecule has 140 valence electrons. The molecule has 0 aliphatic carbocycles. The molecule has 1 N–H and O–H groups in total. The van der Waals surface area contributed by atoms with Crippen molar-refractivity contribution in [1.29, 1.82) is 0 Å². The summed E-state index contributed by atoms with van der Waals surface area (Å²) in [6.45, 7) is 0.403. The summed E-state index contributed by atoms with van der Waals surface area (Å²) in [5.74, 6) is 0. The van der Waals surface area contributed by atoms with Crippen LogP contribution in [0.4, 0.5) is 0 Å². The Hall–Kier alpha value is -2.32. The fourth-order valence-corrected chi connectivity index (χ4v) is 5.17. The molecule has 1 aliphatic heterocycles. The van der Waals surface area contributed by atoms with Crippen molar-refractivity contribution in [2.75, 3.05) is 13.2 Å². The molecular formula is C20H20N2O4S. The van der Waals surface area contributed by atoms with E-state index in [0.29, 0.717) is 17.5 Å². The van der Waals surface area contributed by atoms with Crippen molar-refractivity contribution in [3.8, 4) is 0 Å². The first-order valence-electron chi connectivity index (χ1n) is 8.72. The van der Waals surface area contributed by atoms with Gasteiger partial charge in [0.25, 0.3) is 0 Å². The lowest BCUT2D eigenvalue weighted by Gasteiger charge is -2.32. The van der Waals surface area contributed by atoms with E-state index in [9.17, 15) is 13.5 Å². The molecule has 0 spiro atoms. The second kappa shape index (κ2) is 7.36. The van der Waals surface area contributed by atoms with Crippen LogP contribution in [0, 0.1) is 0 Å². The molecule has 1 unspecified atom stereocenters. The van der Waals surface area contributed by atoms with Gasteiger partial charge in [0.15, 0.2) is 0 Å². The van der Waals surface area contributed by atoms with Gasteiger partial charge in [0.05, 0.1) is 36.3 Å². The van der Waals surface area contributed by atoms with Gasteiger partial charge in [-0.15, -0.1) is 0 Å². The number of benzene rings is 2. The summed E-state index contributed by atoms with van der Waals surface area (Å²) >= 11 is 0. The van der Waals surface area contributed by atoms with Crippen LogP contribution in [0.2, 0.25) is 0 Å². The lowest BCUT2D eigenvalue weighted by Crippen LogP contribution is -2.45. The number of aromatic nitrogens is 1. The Balaban J connectivity index is 1.85. The third-order valence-corrected chi connectivity index (χ3v) is 6.78. The van der Waals surface area contributed by atoms with Crippen LogP contribution in [0.25, 0.3) is 10.9 Å². The van der Waals surface area contributed by atoms with Crippen molar-refractivity contribution in [1.82, 2.24) is 9.29 Å². The largest absolute Gasteiger partial charge is 0.395 e. The number of rotatable bonds is 3. The Bertz CT molecular complexity index is 1060. The quantitative estimate of drug-likeness (QED) is 0.750. The van der Waals surface area contributed by atoms with Crippen molar-refractivity contribution in [2.45, 2.75) is 24.1 Å². The summed E-state index contributed by atoms with van der Waals surface area (Å²) < 4.78 is 34.2. The first-order chi connectivity index (χ1) is 13.1. The molecule has 0 amide bonds. The maximum absolute atomic E-state index is 13.6. The van der Waals surface area contributed by atoms with Crippen molar-refractivity contribution >= 4 is 20.9 Å². The predicted molar refractivity (Wildman–Crippen MR) is 101 cm³/mol. The average molecular weight is 384 g/mol. The van der Waals surface area contributed by atoms with Gasteiger partial charge in [-0.1, -0.05) is 30.3 Å². The molecule has 0 bridgehead atoms. The number of sulfonamides is 1. The number of hydrogen-bond acceptors (Lipinski definition) is 5. The molecule has 1 atom stereocenters. The van der Waals surface area contributed by atoms with Crippen LogP contribution in [-0.4, -0.2) is 42.1 Å². The number of aliphatic hydroxyl groups excluding tert-OH is 1. The van der Waals surface area contributed by atoms with Gasteiger partial charge < -0.3 is 9.84 Å². The normalized spacial score (nSPS) is 18.6. The van der Waals surface area contributed by atoms with E-state index in [1.807, 2.05) is 24.3 Å². The van der Waals surface area contributed by atoms with Crippen molar-refractivity contribution in [3.63, 3.8) is 0 Å². The van der Waals surface area contributed by atoms with Gasteiger partial charge in [-0.2, -0.15) is 4.31 Å².